The van der Waals surface area contributed by atoms with Crippen LogP contribution in [0.2, 0.25) is 0 Å². The molecule has 0 saturated carbocycles. The first kappa shape index (κ1) is 14.9. The minimum absolute atomic E-state index is 0.0742. The third kappa shape index (κ3) is 2.55. The van der Waals surface area contributed by atoms with E-state index in [1.54, 1.807) is 24.8 Å². The Kier molecular flexibility index (Phi) is 3.84. The number of rotatable bonds is 2. The van der Waals surface area contributed by atoms with Crippen molar-refractivity contribution in [3.05, 3.63) is 28.2 Å². The summed E-state index contributed by atoms with van der Waals surface area (Å²) in [6.45, 7) is 3.57. The van der Waals surface area contributed by atoms with Crippen LogP contribution in [0.5, 0.6) is 0 Å². The maximum Gasteiger partial charge on any atom is 0.251 e. The van der Waals surface area contributed by atoms with Crippen molar-refractivity contribution in [2.75, 3.05) is 11.4 Å². The maximum atomic E-state index is 12.0. The van der Waals surface area contributed by atoms with Crippen molar-refractivity contribution in [3.8, 4) is 0 Å². The molecule has 0 atom stereocenters. The number of imide groups is 1. The fraction of sp³-hybridized carbons (Fsp3) is 0.308. The molecule has 3 N–H and O–H groups in total. The summed E-state index contributed by atoms with van der Waals surface area (Å²) >= 11 is 8.43. The van der Waals surface area contributed by atoms with Crippen LogP contribution in [0.25, 0.3) is 0 Å². The Morgan fingerprint density at radius 3 is 2.70 bits per heavy atom. The number of benzene rings is 1. The average molecular weight is 356 g/mol. The quantitative estimate of drug-likeness (QED) is 0.618. The predicted octanol–water partition coefficient (Wildman–Crippen LogP) is 1.32. The standard InChI is InChI=1S/C13H14BrN3O2S/c1-13(2)12(19)16-10(18)6-17(13)9-5-7(14)3-4-8(9)11(15)20/h3-5H,6H2,1-2H3,(H2,15,20)(H,16,18,19). The highest BCUT2D eigenvalue weighted by atomic mass is 79.9. The van der Waals surface area contributed by atoms with E-state index in [0.29, 0.717) is 11.3 Å². The first-order chi connectivity index (χ1) is 9.23. The zero-order valence-corrected chi connectivity index (χ0v) is 13.5. The lowest BCUT2D eigenvalue weighted by atomic mass is 9.96. The number of nitrogens with zero attached hydrogens (tertiary/aromatic N) is 1. The number of amides is 2. The summed E-state index contributed by atoms with van der Waals surface area (Å²) in [5.41, 5.74) is 6.17. The number of anilines is 1. The zero-order valence-electron chi connectivity index (χ0n) is 11.1. The van der Waals surface area contributed by atoms with Crippen molar-refractivity contribution < 1.29 is 9.59 Å². The third-order valence-electron chi connectivity index (χ3n) is 3.30. The van der Waals surface area contributed by atoms with E-state index < -0.39 is 5.54 Å². The van der Waals surface area contributed by atoms with Gasteiger partial charge in [0, 0.05) is 15.7 Å². The maximum absolute atomic E-state index is 12.0. The van der Waals surface area contributed by atoms with Crippen LogP contribution in [0, 0.1) is 0 Å². The number of nitrogens with two attached hydrogens (primary N) is 1. The highest BCUT2D eigenvalue weighted by Crippen LogP contribution is 2.32. The van der Waals surface area contributed by atoms with Gasteiger partial charge in [0.25, 0.3) is 5.91 Å². The lowest BCUT2D eigenvalue weighted by Gasteiger charge is -2.42. The Hall–Kier alpha value is -1.47. The topological polar surface area (TPSA) is 75.4 Å². The van der Waals surface area contributed by atoms with Crippen LogP contribution >= 0.6 is 28.1 Å². The Balaban J connectivity index is 2.59. The molecule has 1 aliphatic rings. The van der Waals surface area contributed by atoms with E-state index in [1.165, 1.54) is 0 Å². The number of hydrogen-bond donors (Lipinski definition) is 2. The van der Waals surface area contributed by atoms with Gasteiger partial charge in [-0.2, -0.15) is 0 Å². The zero-order chi connectivity index (χ0) is 15.1. The average Bonchev–Trinajstić information content (AvgIpc) is 2.33. The minimum Gasteiger partial charge on any atom is -0.389 e. The van der Waals surface area contributed by atoms with Crippen molar-refractivity contribution in [2.24, 2.45) is 5.73 Å². The number of carbonyl (C=O) groups excluding carboxylic acids is 2. The van der Waals surface area contributed by atoms with E-state index in [0.717, 1.165) is 4.47 Å². The Morgan fingerprint density at radius 1 is 1.45 bits per heavy atom. The molecule has 2 rings (SSSR count). The molecule has 0 aromatic heterocycles. The van der Waals surface area contributed by atoms with Crippen LogP contribution in [-0.4, -0.2) is 28.9 Å². The van der Waals surface area contributed by atoms with Gasteiger partial charge in [-0.15, -0.1) is 0 Å². The van der Waals surface area contributed by atoms with Crippen molar-refractivity contribution in [3.63, 3.8) is 0 Å². The van der Waals surface area contributed by atoms with Crippen molar-refractivity contribution in [1.82, 2.24) is 5.32 Å². The van der Waals surface area contributed by atoms with Crippen LogP contribution in [0.15, 0.2) is 22.7 Å². The smallest absolute Gasteiger partial charge is 0.251 e. The molecular weight excluding hydrogens is 342 g/mol. The molecule has 1 aliphatic heterocycles. The van der Waals surface area contributed by atoms with Gasteiger partial charge in [0.05, 0.1) is 6.54 Å². The predicted molar refractivity (Wildman–Crippen MR) is 84.6 cm³/mol. The van der Waals surface area contributed by atoms with Crippen LogP contribution < -0.4 is 16.0 Å². The summed E-state index contributed by atoms with van der Waals surface area (Å²) < 4.78 is 0.821. The van der Waals surface area contributed by atoms with Gasteiger partial charge in [-0.3, -0.25) is 14.9 Å². The van der Waals surface area contributed by atoms with E-state index in [2.05, 4.69) is 21.2 Å². The van der Waals surface area contributed by atoms with Crippen molar-refractivity contribution in [2.45, 2.75) is 19.4 Å². The second-order valence-electron chi connectivity index (χ2n) is 5.05. The molecule has 0 unspecified atom stereocenters. The molecule has 20 heavy (non-hydrogen) atoms. The van der Waals surface area contributed by atoms with Crippen LogP contribution in [0.1, 0.15) is 19.4 Å². The van der Waals surface area contributed by atoms with Gasteiger partial charge in [0.2, 0.25) is 5.91 Å². The molecule has 0 radical (unpaired) electrons. The molecule has 7 heteroatoms. The summed E-state index contributed by atoms with van der Waals surface area (Å²) in [6, 6.07) is 5.40. The molecule has 0 spiro atoms. The summed E-state index contributed by atoms with van der Waals surface area (Å²) in [6.07, 6.45) is 0. The number of hydrogen-bond acceptors (Lipinski definition) is 4. The largest absolute Gasteiger partial charge is 0.389 e. The molecule has 1 saturated heterocycles. The molecule has 2 amide bonds. The number of nitrogens with one attached hydrogen (secondary N) is 1. The molecular formula is C13H14BrN3O2S. The van der Waals surface area contributed by atoms with E-state index in [-0.39, 0.29) is 23.3 Å². The third-order valence-corrected chi connectivity index (χ3v) is 4.01. The SMILES string of the molecule is CC1(C)C(=O)NC(=O)CN1c1cc(Br)ccc1C(N)=S. The van der Waals surface area contributed by atoms with Crippen molar-refractivity contribution >= 4 is 50.6 Å². The Bertz CT molecular complexity index is 616. The highest BCUT2D eigenvalue weighted by molar-refractivity contribution is 9.10. The second kappa shape index (κ2) is 5.14. The monoisotopic (exact) mass is 355 g/mol. The summed E-state index contributed by atoms with van der Waals surface area (Å²) in [5.74, 6) is -0.689. The van der Waals surface area contributed by atoms with Crippen molar-refractivity contribution in [1.29, 1.82) is 0 Å². The normalized spacial score (nSPS) is 17.9. The van der Waals surface area contributed by atoms with Crippen LogP contribution in [-0.2, 0) is 9.59 Å². The molecule has 1 aromatic carbocycles. The van der Waals surface area contributed by atoms with Gasteiger partial charge in [-0.05, 0) is 32.0 Å². The minimum atomic E-state index is -0.867. The molecule has 0 bridgehead atoms. The fourth-order valence-electron chi connectivity index (χ4n) is 2.11. The summed E-state index contributed by atoms with van der Waals surface area (Å²) in [7, 11) is 0. The molecule has 1 aromatic rings. The van der Waals surface area contributed by atoms with Crippen LogP contribution in [0.3, 0.4) is 0 Å². The highest BCUT2D eigenvalue weighted by Gasteiger charge is 2.41. The molecule has 1 fully saturated rings. The van der Waals surface area contributed by atoms with E-state index >= 15 is 0 Å². The number of carbonyl (C=O) groups is 2. The van der Waals surface area contributed by atoms with Gasteiger partial charge in [0.15, 0.2) is 0 Å². The van der Waals surface area contributed by atoms with Gasteiger partial charge >= 0.3 is 0 Å². The Morgan fingerprint density at radius 2 is 2.10 bits per heavy atom. The van der Waals surface area contributed by atoms with Gasteiger partial charge in [-0.1, -0.05) is 28.1 Å². The molecule has 1 heterocycles. The van der Waals surface area contributed by atoms with E-state index in [9.17, 15) is 9.59 Å². The summed E-state index contributed by atoms with van der Waals surface area (Å²) in [5, 5.41) is 2.34. The van der Waals surface area contributed by atoms with Gasteiger partial charge < -0.3 is 10.6 Å². The Labute approximate surface area is 130 Å². The summed E-state index contributed by atoms with van der Waals surface area (Å²) in [4.78, 5) is 25.6. The van der Waals surface area contributed by atoms with Gasteiger partial charge in [-0.25, -0.2) is 0 Å². The molecule has 0 aliphatic carbocycles. The lowest BCUT2D eigenvalue weighted by molar-refractivity contribution is -0.135. The second-order valence-corrected chi connectivity index (χ2v) is 6.40. The van der Waals surface area contributed by atoms with Crippen LogP contribution in [0.4, 0.5) is 5.69 Å². The molecule has 106 valence electrons. The lowest BCUT2D eigenvalue weighted by Crippen LogP contribution is -2.64. The number of thiocarbonyl (C=S) groups is 1. The number of piperazine rings is 1. The van der Waals surface area contributed by atoms with E-state index in [4.69, 9.17) is 18.0 Å². The molecule has 5 nitrogen and oxygen atoms in total. The van der Waals surface area contributed by atoms with E-state index in [1.807, 2.05) is 12.1 Å². The first-order valence-electron chi connectivity index (χ1n) is 5.95. The van der Waals surface area contributed by atoms with Gasteiger partial charge in [0.1, 0.15) is 10.5 Å². The number of halogens is 1. The fourth-order valence-corrected chi connectivity index (χ4v) is 2.63. The first-order valence-corrected chi connectivity index (χ1v) is 7.15.